The van der Waals surface area contributed by atoms with Crippen LogP contribution in [0.5, 0.6) is 0 Å². The molecule has 0 fully saturated rings. The Kier molecular flexibility index (Phi) is 7.04. The van der Waals surface area contributed by atoms with Crippen LogP contribution in [0, 0.1) is 0 Å². The number of fused-ring (bicyclic) bond motifs is 5. The first-order valence-corrected chi connectivity index (χ1v) is 18.1. The van der Waals surface area contributed by atoms with Crippen LogP contribution < -0.4 is 0 Å². The fraction of sp³-hybridized carbons (Fsp3) is 0. The summed E-state index contributed by atoms with van der Waals surface area (Å²) in [5.74, 6) is 0.712. The molecule has 0 atom stereocenters. The van der Waals surface area contributed by atoms with Crippen molar-refractivity contribution >= 4 is 53.1 Å². The molecule has 3 heteroatoms. The summed E-state index contributed by atoms with van der Waals surface area (Å²) in [5.41, 5.74) is 9.82. The largest absolute Gasteiger partial charge is 0.228 e. The minimum absolute atomic E-state index is 0.712. The summed E-state index contributed by atoms with van der Waals surface area (Å²) in [6, 6.07) is 65.0. The monoisotopic (exact) mass is 666 g/mol. The molecule has 0 amide bonds. The molecule has 238 valence electrons. The van der Waals surface area contributed by atoms with Gasteiger partial charge in [-0.05, 0) is 74.1 Å². The van der Waals surface area contributed by atoms with E-state index >= 15 is 0 Å². The third-order valence-corrected chi connectivity index (χ3v) is 11.0. The molecule has 10 aromatic rings. The topological polar surface area (TPSA) is 25.8 Å². The van der Waals surface area contributed by atoms with Crippen molar-refractivity contribution in [1.29, 1.82) is 0 Å². The van der Waals surface area contributed by atoms with E-state index in [9.17, 15) is 0 Å². The molecule has 0 aliphatic heterocycles. The molecule has 0 N–H and O–H groups in total. The first-order chi connectivity index (χ1) is 25.3. The highest BCUT2D eigenvalue weighted by molar-refractivity contribution is 7.25. The van der Waals surface area contributed by atoms with Gasteiger partial charge in [0.25, 0.3) is 0 Å². The SMILES string of the molecule is c1ccc(-c2nc(-c3ccc4cc(-c5cccc6sc7ccccc7c56)ccc4c3)cc(-c3cccc4cccc(-c5ccccc5)c34)n2)cc1. The first-order valence-electron chi connectivity index (χ1n) is 17.2. The van der Waals surface area contributed by atoms with E-state index in [0.717, 1.165) is 28.1 Å². The molecule has 0 aliphatic rings. The van der Waals surface area contributed by atoms with E-state index in [2.05, 4.69) is 164 Å². The Morgan fingerprint density at radius 2 is 0.922 bits per heavy atom. The second kappa shape index (κ2) is 12.2. The Hall–Kier alpha value is -6.42. The van der Waals surface area contributed by atoms with Gasteiger partial charge in [0, 0.05) is 36.9 Å². The predicted molar refractivity (Wildman–Crippen MR) is 217 cm³/mol. The molecule has 2 aromatic heterocycles. The van der Waals surface area contributed by atoms with Crippen LogP contribution in [0.25, 0.3) is 97.9 Å². The van der Waals surface area contributed by atoms with Crippen molar-refractivity contribution in [3.63, 3.8) is 0 Å². The van der Waals surface area contributed by atoms with Gasteiger partial charge >= 0.3 is 0 Å². The number of aromatic nitrogens is 2. The molecule has 2 heterocycles. The van der Waals surface area contributed by atoms with E-state index in [1.165, 1.54) is 64.0 Å². The van der Waals surface area contributed by atoms with Crippen molar-refractivity contribution in [2.75, 3.05) is 0 Å². The van der Waals surface area contributed by atoms with Gasteiger partial charge in [-0.1, -0.05) is 152 Å². The van der Waals surface area contributed by atoms with Crippen LogP contribution in [0.3, 0.4) is 0 Å². The van der Waals surface area contributed by atoms with Gasteiger partial charge < -0.3 is 0 Å². The zero-order chi connectivity index (χ0) is 33.7. The van der Waals surface area contributed by atoms with Gasteiger partial charge in [0.2, 0.25) is 0 Å². The maximum absolute atomic E-state index is 5.22. The molecule has 0 saturated heterocycles. The van der Waals surface area contributed by atoms with E-state index in [1.54, 1.807) is 0 Å². The standard InChI is InChI=1S/C48H30N2S/c1-3-12-31(13-4-1)38-19-9-16-32-17-10-21-40(46(32)38)43-30-42(49-48(50-43)33-14-5-2-6-15-33)37-27-25-34-28-36(26-24-35(34)29-37)39-20-11-23-45-47(39)41-18-7-8-22-44(41)51-45/h1-30H. The van der Waals surface area contributed by atoms with Crippen molar-refractivity contribution < 1.29 is 0 Å². The van der Waals surface area contributed by atoms with Crippen LogP contribution in [0.2, 0.25) is 0 Å². The number of rotatable bonds is 5. The molecule has 0 bridgehead atoms. The Bertz CT molecular complexity index is 2900. The zero-order valence-electron chi connectivity index (χ0n) is 27.6. The summed E-state index contributed by atoms with van der Waals surface area (Å²) in [5, 5.41) is 7.40. The second-order valence-electron chi connectivity index (χ2n) is 13.0. The highest BCUT2D eigenvalue weighted by Gasteiger charge is 2.16. The molecular formula is C48H30N2S. The predicted octanol–water partition coefficient (Wildman–Crippen LogP) is 13.5. The smallest absolute Gasteiger partial charge is 0.160 e. The van der Waals surface area contributed by atoms with Gasteiger partial charge in [0.05, 0.1) is 11.4 Å². The lowest BCUT2D eigenvalue weighted by Gasteiger charge is -2.14. The van der Waals surface area contributed by atoms with Gasteiger partial charge in [0.15, 0.2) is 5.82 Å². The van der Waals surface area contributed by atoms with Gasteiger partial charge in [-0.3, -0.25) is 0 Å². The van der Waals surface area contributed by atoms with Crippen molar-refractivity contribution in [3.05, 3.63) is 182 Å². The van der Waals surface area contributed by atoms with Crippen LogP contribution in [0.1, 0.15) is 0 Å². The molecule has 2 nitrogen and oxygen atoms in total. The Morgan fingerprint density at radius 1 is 0.333 bits per heavy atom. The van der Waals surface area contributed by atoms with Gasteiger partial charge in [-0.25, -0.2) is 9.97 Å². The lowest BCUT2D eigenvalue weighted by atomic mass is 9.92. The van der Waals surface area contributed by atoms with Crippen molar-refractivity contribution in [1.82, 2.24) is 9.97 Å². The third kappa shape index (κ3) is 5.18. The molecule has 0 radical (unpaired) electrons. The number of benzene rings is 8. The van der Waals surface area contributed by atoms with Crippen LogP contribution in [0.4, 0.5) is 0 Å². The van der Waals surface area contributed by atoms with Crippen LogP contribution >= 0.6 is 11.3 Å². The normalized spacial score (nSPS) is 11.5. The molecule has 0 aliphatic carbocycles. The van der Waals surface area contributed by atoms with Gasteiger partial charge in [0.1, 0.15) is 0 Å². The molecule has 10 rings (SSSR count). The van der Waals surface area contributed by atoms with E-state index in [0.29, 0.717) is 5.82 Å². The third-order valence-electron chi connectivity index (χ3n) is 9.87. The lowest BCUT2D eigenvalue weighted by molar-refractivity contribution is 1.19. The fourth-order valence-corrected chi connectivity index (χ4v) is 8.58. The minimum atomic E-state index is 0.712. The summed E-state index contributed by atoms with van der Waals surface area (Å²) >= 11 is 1.86. The fourth-order valence-electron chi connectivity index (χ4n) is 7.45. The highest BCUT2D eigenvalue weighted by atomic mass is 32.1. The van der Waals surface area contributed by atoms with Crippen LogP contribution in [0.15, 0.2) is 182 Å². The van der Waals surface area contributed by atoms with Crippen molar-refractivity contribution in [2.24, 2.45) is 0 Å². The highest BCUT2D eigenvalue weighted by Crippen LogP contribution is 2.41. The van der Waals surface area contributed by atoms with Crippen molar-refractivity contribution in [3.8, 4) is 56.2 Å². The Morgan fingerprint density at radius 3 is 1.71 bits per heavy atom. The second-order valence-corrected chi connectivity index (χ2v) is 14.0. The van der Waals surface area contributed by atoms with Crippen LogP contribution in [-0.2, 0) is 0 Å². The van der Waals surface area contributed by atoms with E-state index in [4.69, 9.17) is 9.97 Å². The van der Waals surface area contributed by atoms with Crippen molar-refractivity contribution in [2.45, 2.75) is 0 Å². The molecule has 0 unspecified atom stereocenters. The summed E-state index contributed by atoms with van der Waals surface area (Å²) < 4.78 is 2.64. The number of hydrogen-bond donors (Lipinski definition) is 0. The summed E-state index contributed by atoms with van der Waals surface area (Å²) in [6.45, 7) is 0. The minimum Gasteiger partial charge on any atom is -0.228 e. The molecule has 0 saturated carbocycles. The zero-order valence-corrected chi connectivity index (χ0v) is 28.4. The summed E-state index contributed by atoms with van der Waals surface area (Å²) in [6.07, 6.45) is 0. The molecule has 0 spiro atoms. The Balaban J connectivity index is 1.13. The van der Waals surface area contributed by atoms with Crippen LogP contribution in [-0.4, -0.2) is 9.97 Å². The average molecular weight is 667 g/mol. The Labute approximate surface area is 300 Å². The average Bonchev–Trinajstić information content (AvgIpc) is 3.59. The number of hydrogen-bond acceptors (Lipinski definition) is 3. The number of nitrogens with zero attached hydrogens (tertiary/aromatic N) is 2. The molecule has 51 heavy (non-hydrogen) atoms. The van der Waals surface area contributed by atoms with E-state index in [1.807, 2.05) is 29.5 Å². The van der Waals surface area contributed by atoms with E-state index < -0.39 is 0 Å². The molecular weight excluding hydrogens is 637 g/mol. The van der Waals surface area contributed by atoms with E-state index in [-0.39, 0.29) is 0 Å². The quantitative estimate of drug-likeness (QED) is 0.183. The maximum Gasteiger partial charge on any atom is 0.160 e. The molecule has 8 aromatic carbocycles. The maximum atomic E-state index is 5.22. The summed E-state index contributed by atoms with van der Waals surface area (Å²) in [4.78, 5) is 10.4. The lowest BCUT2D eigenvalue weighted by Crippen LogP contribution is -1.97. The summed E-state index contributed by atoms with van der Waals surface area (Å²) in [7, 11) is 0. The number of thiophene rings is 1. The van der Waals surface area contributed by atoms with Gasteiger partial charge in [-0.15, -0.1) is 11.3 Å². The first kappa shape index (κ1) is 29.5. The van der Waals surface area contributed by atoms with Gasteiger partial charge in [-0.2, -0.15) is 0 Å².